The quantitative estimate of drug-likeness (QED) is 0.377. The molecule has 0 fully saturated rings. The molecule has 2 aromatic carbocycles. The fourth-order valence-corrected chi connectivity index (χ4v) is 4.08. The third kappa shape index (κ3) is 5.39. The number of aromatic nitrogens is 4. The van der Waals surface area contributed by atoms with E-state index in [-0.39, 0.29) is 17.5 Å². The maximum absolute atomic E-state index is 13.1. The lowest BCUT2D eigenvalue weighted by Gasteiger charge is -2.17. The highest BCUT2D eigenvalue weighted by molar-refractivity contribution is 7.99. The van der Waals surface area contributed by atoms with Gasteiger partial charge in [-0.05, 0) is 35.4 Å². The Morgan fingerprint density at radius 1 is 1.00 bits per heavy atom. The number of thioether (sulfide) groups is 1. The molecule has 0 radical (unpaired) electrons. The third-order valence-corrected chi connectivity index (χ3v) is 5.86. The first kappa shape index (κ1) is 21.7. The number of nitrogens with zero attached hydrogens (tertiary/aromatic N) is 5. The van der Waals surface area contributed by atoms with E-state index in [0.29, 0.717) is 24.1 Å². The van der Waals surface area contributed by atoms with Crippen molar-refractivity contribution in [3.8, 4) is 11.4 Å². The van der Waals surface area contributed by atoms with Gasteiger partial charge in [0.25, 0.3) is 0 Å². The largest absolute Gasteiger partial charge is 0.341 e. The minimum Gasteiger partial charge on any atom is -0.341 e. The molecule has 6 nitrogen and oxygen atoms in total. The summed E-state index contributed by atoms with van der Waals surface area (Å²) in [5, 5.41) is 9.39. The van der Waals surface area contributed by atoms with Crippen LogP contribution in [0.5, 0.6) is 0 Å². The van der Waals surface area contributed by atoms with E-state index in [9.17, 15) is 9.18 Å². The lowest BCUT2D eigenvalue weighted by molar-refractivity contribution is -0.127. The summed E-state index contributed by atoms with van der Waals surface area (Å²) in [6.07, 6.45) is 3.47. The van der Waals surface area contributed by atoms with Crippen LogP contribution in [0.3, 0.4) is 0 Å². The first-order valence-corrected chi connectivity index (χ1v) is 11.1. The second-order valence-electron chi connectivity index (χ2n) is 7.28. The standard InChI is InChI=1S/C24H22FN5OS/c1-29(15-19-9-11-21(25)12-10-19)22(31)17-32-24-28-27-23(20-8-5-13-26-14-20)30(24)16-18-6-3-2-4-7-18/h2-14H,15-17H2,1H3. The van der Waals surface area contributed by atoms with Crippen molar-refractivity contribution in [1.29, 1.82) is 0 Å². The molecule has 0 aliphatic rings. The summed E-state index contributed by atoms with van der Waals surface area (Å²) in [6, 6.07) is 20.0. The van der Waals surface area contributed by atoms with Gasteiger partial charge in [0, 0.05) is 31.5 Å². The fourth-order valence-electron chi connectivity index (χ4n) is 3.20. The summed E-state index contributed by atoms with van der Waals surface area (Å²) >= 11 is 1.35. The van der Waals surface area contributed by atoms with Crippen molar-refractivity contribution in [3.63, 3.8) is 0 Å². The van der Waals surface area contributed by atoms with Gasteiger partial charge in [-0.1, -0.05) is 54.2 Å². The zero-order valence-corrected chi connectivity index (χ0v) is 18.4. The monoisotopic (exact) mass is 447 g/mol. The maximum atomic E-state index is 13.1. The van der Waals surface area contributed by atoms with E-state index in [4.69, 9.17) is 0 Å². The van der Waals surface area contributed by atoms with E-state index in [1.165, 1.54) is 23.9 Å². The van der Waals surface area contributed by atoms with Gasteiger partial charge in [0.05, 0.1) is 12.3 Å². The first-order valence-electron chi connectivity index (χ1n) is 10.1. The highest BCUT2D eigenvalue weighted by Gasteiger charge is 2.17. The maximum Gasteiger partial charge on any atom is 0.233 e. The molecule has 0 saturated heterocycles. The first-order chi connectivity index (χ1) is 15.6. The van der Waals surface area contributed by atoms with Crippen LogP contribution in [0.15, 0.2) is 84.3 Å². The van der Waals surface area contributed by atoms with E-state index in [1.807, 2.05) is 47.0 Å². The molecule has 4 aromatic rings. The molecule has 0 aliphatic carbocycles. The van der Waals surface area contributed by atoms with Gasteiger partial charge in [0.2, 0.25) is 5.91 Å². The van der Waals surface area contributed by atoms with E-state index in [0.717, 1.165) is 16.7 Å². The van der Waals surface area contributed by atoms with Crippen LogP contribution in [0.1, 0.15) is 11.1 Å². The number of carbonyl (C=O) groups excluding carboxylic acids is 1. The Hall–Kier alpha value is -3.52. The summed E-state index contributed by atoms with van der Waals surface area (Å²) in [6.45, 7) is 0.997. The highest BCUT2D eigenvalue weighted by atomic mass is 32.2. The van der Waals surface area contributed by atoms with Gasteiger partial charge in [0.1, 0.15) is 5.82 Å². The van der Waals surface area contributed by atoms with Crippen LogP contribution >= 0.6 is 11.8 Å². The lowest BCUT2D eigenvalue weighted by atomic mass is 10.2. The number of benzene rings is 2. The Balaban J connectivity index is 1.49. The van der Waals surface area contributed by atoms with Crippen LogP contribution in [-0.2, 0) is 17.9 Å². The van der Waals surface area contributed by atoms with Crippen LogP contribution in [0.4, 0.5) is 4.39 Å². The third-order valence-electron chi connectivity index (χ3n) is 4.90. The Morgan fingerprint density at radius 2 is 1.78 bits per heavy atom. The van der Waals surface area contributed by atoms with Crippen molar-refractivity contribution in [1.82, 2.24) is 24.6 Å². The van der Waals surface area contributed by atoms with E-state index in [1.54, 1.807) is 36.5 Å². The SMILES string of the molecule is CN(Cc1ccc(F)cc1)C(=O)CSc1nnc(-c2cccnc2)n1Cc1ccccc1. The number of carbonyl (C=O) groups is 1. The van der Waals surface area contributed by atoms with Gasteiger partial charge in [-0.2, -0.15) is 0 Å². The molecule has 0 saturated carbocycles. The molecule has 2 aromatic heterocycles. The van der Waals surface area contributed by atoms with Crippen LogP contribution < -0.4 is 0 Å². The molecule has 0 N–H and O–H groups in total. The summed E-state index contributed by atoms with van der Waals surface area (Å²) in [5.41, 5.74) is 2.85. The topological polar surface area (TPSA) is 63.9 Å². The number of halogens is 1. The predicted octanol–water partition coefficient (Wildman–Crippen LogP) is 4.28. The number of rotatable bonds is 8. The van der Waals surface area contributed by atoms with Crippen molar-refractivity contribution >= 4 is 17.7 Å². The van der Waals surface area contributed by atoms with E-state index in [2.05, 4.69) is 15.2 Å². The second-order valence-corrected chi connectivity index (χ2v) is 8.23. The van der Waals surface area contributed by atoms with E-state index < -0.39 is 0 Å². The van der Waals surface area contributed by atoms with Crippen LogP contribution in [0.25, 0.3) is 11.4 Å². The second kappa shape index (κ2) is 10.2. The van der Waals surface area contributed by atoms with Crippen molar-refractivity contribution in [2.24, 2.45) is 0 Å². The predicted molar refractivity (Wildman–Crippen MR) is 122 cm³/mol. The fraction of sp³-hybridized carbons (Fsp3) is 0.167. The van der Waals surface area contributed by atoms with E-state index >= 15 is 0 Å². The Labute approximate surface area is 190 Å². The summed E-state index contributed by atoms with van der Waals surface area (Å²) < 4.78 is 15.1. The minimum absolute atomic E-state index is 0.0449. The minimum atomic E-state index is -0.291. The summed E-state index contributed by atoms with van der Waals surface area (Å²) in [4.78, 5) is 18.5. The van der Waals surface area contributed by atoms with Gasteiger partial charge in [-0.3, -0.25) is 14.3 Å². The molecule has 0 spiro atoms. The molecule has 32 heavy (non-hydrogen) atoms. The van der Waals surface area contributed by atoms with Gasteiger partial charge in [-0.15, -0.1) is 10.2 Å². The van der Waals surface area contributed by atoms with Crippen LogP contribution in [0.2, 0.25) is 0 Å². The van der Waals surface area contributed by atoms with Crippen LogP contribution in [0, 0.1) is 5.82 Å². The zero-order valence-electron chi connectivity index (χ0n) is 17.6. The normalized spacial score (nSPS) is 10.8. The molecular weight excluding hydrogens is 425 g/mol. The van der Waals surface area contributed by atoms with Gasteiger partial charge < -0.3 is 4.90 Å². The molecule has 0 bridgehead atoms. The molecule has 0 aliphatic heterocycles. The molecule has 1 amide bonds. The smallest absolute Gasteiger partial charge is 0.233 e. The van der Waals surface area contributed by atoms with Crippen molar-refractivity contribution in [2.45, 2.75) is 18.2 Å². The van der Waals surface area contributed by atoms with Crippen molar-refractivity contribution in [3.05, 3.63) is 96.1 Å². The number of hydrogen-bond acceptors (Lipinski definition) is 5. The summed E-state index contributed by atoms with van der Waals surface area (Å²) in [7, 11) is 1.74. The number of amides is 1. The van der Waals surface area contributed by atoms with Gasteiger partial charge in [0.15, 0.2) is 11.0 Å². The lowest BCUT2D eigenvalue weighted by Crippen LogP contribution is -2.27. The highest BCUT2D eigenvalue weighted by Crippen LogP contribution is 2.25. The Bertz CT molecular complexity index is 1170. The zero-order chi connectivity index (χ0) is 22.3. The molecule has 2 heterocycles. The molecule has 0 unspecified atom stereocenters. The molecular formula is C24H22FN5OS. The summed E-state index contributed by atoms with van der Waals surface area (Å²) in [5.74, 6) is 0.589. The molecule has 8 heteroatoms. The number of pyridine rings is 1. The molecule has 4 rings (SSSR count). The van der Waals surface area contributed by atoms with Gasteiger partial charge >= 0.3 is 0 Å². The average molecular weight is 448 g/mol. The Kier molecular flexibility index (Phi) is 6.91. The molecule has 162 valence electrons. The molecule has 0 atom stereocenters. The average Bonchev–Trinajstić information content (AvgIpc) is 3.22. The van der Waals surface area contributed by atoms with Crippen molar-refractivity contribution in [2.75, 3.05) is 12.8 Å². The van der Waals surface area contributed by atoms with Crippen LogP contribution in [-0.4, -0.2) is 43.4 Å². The van der Waals surface area contributed by atoms with Crippen molar-refractivity contribution < 1.29 is 9.18 Å². The Morgan fingerprint density at radius 3 is 2.50 bits per heavy atom. The number of hydrogen-bond donors (Lipinski definition) is 0. The van der Waals surface area contributed by atoms with Gasteiger partial charge in [-0.25, -0.2) is 4.39 Å².